The van der Waals surface area contributed by atoms with Crippen LogP contribution in [-0.4, -0.2) is 37.7 Å². The Morgan fingerprint density at radius 1 is 1.21 bits per heavy atom. The van der Waals surface area contributed by atoms with Crippen LogP contribution < -0.4 is 10.6 Å². The molecule has 0 saturated carbocycles. The number of aryl methyl sites for hydroxylation is 1. The fraction of sp³-hybridized carbons (Fsp3) is 0.150. The molecular weight excluding hydrogens is 374 g/mol. The van der Waals surface area contributed by atoms with E-state index in [2.05, 4.69) is 10.1 Å². The molecule has 0 unspecified atom stereocenters. The Morgan fingerprint density at radius 3 is 2.69 bits per heavy atom. The van der Waals surface area contributed by atoms with E-state index in [9.17, 15) is 19.5 Å². The average Bonchev–Trinajstić information content (AvgIpc) is 3.17. The minimum atomic E-state index is -1.14. The molecule has 3 aromatic rings. The number of carboxylic acid groups (broad SMARTS) is 1. The van der Waals surface area contributed by atoms with Gasteiger partial charge in [0.15, 0.2) is 5.82 Å². The number of amides is 2. The van der Waals surface area contributed by atoms with Crippen LogP contribution in [0.15, 0.2) is 48.7 Å². The summed E-state index contributed by atoms with van der Waals surface area (Å²) >= 11 is 0. The van der Waals surface area contributed by atoms with Gasteiger partial charge in [0, 0.05) is 18.2 Å². The molecule has 2 amide bonds. The molecule has 1 aliphatic heterocycles. The Balaban J connectivity index is 1.73. The molecule has 9 heteroatoms. The molecule has 1 aromatic carbocycles. The highest BCUT2D eigenvalue weighted by molar-refractivity contribution is 6.23. The number of rotatable bonds is 4. The molecule has 1 aliphatic rings. The quantitative estimate of drug-likeness (QED) is 0.649. The number of pyridine rings is 1. The van der Waals surface area contributed by atoms with Crippen molar-refractivity contribution >= 4 is 29.3 Å². The van der Waals surface area contributed by atoms with Crippen molar-refractivity contribution in [1.29, 1.82) is 0 Å². The fourth-order valence-corrected chi connectivity index (χ4v) is 3.55. The molecule has 1 fully saturated rings. The van der Waals surface area contributed by atoms with Gasteiger partial charge in [-0.1, -0.05) is 12.1 Å². The lowest BCUT2D eigenvalue weighted by atomic mass is 9.97. The predicted octanol–water partition coefficient (Wildman–Crippen LogP) is 1.90. The summed E-state index contributed by atoms with van der Waals surface area (Å²) in [4.78, 5) is 42.2. The molecule has 0 bridgehead atoms. The number of nitrogens with zero attached hydrogens (tertiary/aromatic N) is 4. The number of hydrogen-bond acceptors (Lipinski definition) is 6. The van der Waals surface area contributed by atoms with Crippen LogP contribution in [-0.2, 0) is 9.59 Å². The molecule has 9 nitrogen and oxygen atoms in total. The van der Waals surface area contributed by atoms with Crippen LogP contribution >= 0.6 is 0 Å². The molecule has 3 N–H and O–H groups in total. The third-order valence-corrected chi connectivity index (χ3v) is 4.86. The van der Waals surface area contributed by atoms with Gasteiger partial charge in [0.25, 0.3) is 0 Å². The van der Waals surface area contributed by atoms with E-state index >= 15 is 0 Å². The maximum Gasteiger partial charge on any atom is 0.335 e. The Morgan fingerprint density at radius 2 is 2.00 bits per heavy atom. The highest BCUT2D eigenvalue weighted by Gasteiger charge is 2.43. The standard InChI is InChI=1S/C20H17N5O4/c1-11-17(18(21)25(23-11)15-7-2-3-8-22-15)14-10-16(26)24(19(14)27)13-6-4-5-12(9-13)20(28)29/h2-9,14H,10,21H2,1H3,(H,28,29)/t14-/m1/s1. The zero-order valence-corrected chi connectivity index (χ0v) is 15.4. The van der Waals surface area contributed by atoms with Crippen molar-refractivity contribution in [2.45, 2.75) is 19.3 Å². The van der Waals surface area contributed by atoms with Gasteiger partial charge in [-0.05, 0) is 37.3 Å². The minimum Gasteiger partial charge on any atom is -0.478 e. The summed E-state index contributed by atoms with van der Waals surface area (Å²) < 4.78 is 1.44. The topological polar surface area (TPSA) is 131 Å². The van der Waals surface area contributed by atoms with Crippen LogP contribution in [0.5, 0.6) is 0 Å². The summed E-state index contributed by atoms with van der Waals surface area (Å²) in [6.45, 7) is 1.72. The number of imide groups is 1. The lowest BCUT2D eigenvalue weighted by molar-refractivity contribution is -0.121. The molecule has 1 saturated heterocycles. The van der Waals surface area contributed by atoms with Gasteiger partial charge in [0.1, 0.15) is 5.82 Å². The first-order chi connectivity index (χ1) is 13.9. The zero-order chi connectivity index (χ0) is 20.7. The van der Waals surface area contributed by atoms with Gasteiger partial charge in [-0.15, -0.1) is 0 Å². The first kappa shape index (κ1) is 18.4. The molecule has 146 valence electrons. The van der Waals surface area contributed by atoms with Crippen LogP contribution in [0.2, 0.25) is 0 Å². The highest BCUT2D eigenvalue weighted by Crippen LogP contribution is 2.38. The van der Waals surface area contributed by atoms with Gasteiger partial charge >= 0.3 is 5.97 Å². The number of carboxylic acids is 1. The SMILES string of the molecule is Cc1nn(-c2ccccn2)c(N)c1[C@H]1CC(=O)N(c2cccc(C(=O)O)c2)C1=O. The van der Waals surface area contributed by atoms with E-state index in [1.807, 2.05) is 0 Å². The number of nitrogen functional groups attached to an aromatic ring is 1. The van der Waals surface area contributed by atoms with Crippen molar-refractivity contribution in [3.63, 3.8) is 0 Å². The Hall–Kier alpha value is -4.01. The maximum absolute atomic E-state index is 13.1. The second-order valence-electron chi connectivity index (χ2n) is 6.66. The van der Waals surface area contributed by atoms with E-state index in [0.29, 0.717) is 17.1 Å². The Labute approximate surface area is 165 Å². The molecule has 0 aliphatic carbocycles. The first-order valence-corrected chi connectivity index (χ1v) is 8.85. The number of benzene rings is 1. The molecule has 0 spiro atoms. The number of aromatic nitrogens is 3. The summed E-state index contributed by atoms with van der Waals surface area (Å²) in [5, 5.41) is 13.6. The summed E-state index contributed by atoms with van der Waals surface area (Å²) in [5.41, 5.74) is 7.49. The fourth-order valence-electron chi connectivity index (χ4n) is 3.55. The molecule has 3 heterocycles. The molecule has 0 radical (unpaired) electrons. The van der Waals surface area contributed by atoms with Gasteiger partial charge in [-0.3, -0.25) is 9.59 Å². The van der Waals surface area contributed by atoms with E-state index in [4.69, 9.17) is 5.73 Å². The maximum atomic E-state index is 13.1. The van der Waals surface area contributed by atoms with Crippen molar-refractivity contribution in [2.24, 2.45) is 0 Å². The third kappa shape index (κ3) is 3.02. The zero-order valence-electron chi connectivity index (χ0n) is 15.4. The number of carbonyl (C=O) groups excluding carboxylic acids is 2. The van der Waals surface area contributed by atoms with Gasteiger partial charge in [0.2, 0.25) is 11.8 Å². The smallest absolute Gasteiger partial charge is 0.335 e. The van der Waals surface area contributed by atoms with Crippen molar-refractivity contribution in [3.05, 3.63) is 65.5 Å². The molecule has 2 aromatic heterocycles. The van der Waals surface area contributed by atoms with E-state index in [-0.39, 0.29) is 23.5 Å². The Kier molecular flexibility index (Phi) is 4.34. The van der Waals surface area contributed by atoms with Gasteiger partial charge in [-0.2, -0.15) is 9.78 Å². The molecule has 29 heavy (non-hydrogen) atoms. The summed E-state index contributed by atoms with van der Waals surface area (Å²) in [7, 11) is 0. The van der Waals surface area contributed by atoms with Crippen LogP contribution in [0.3, 0.4) is 0 Å². The van der Waals surface area contributed by atoms with Gasteiger partial charge < -0.3 is 10.8 Å². The summed E-state index contributed by atoms with van der Waals surface area (Å²) in [6.07, 6.45) is 1.53. The number of anilines is 2. The lowest BCUT2D eigenvalue weighted by Gasteiger charge is -2.15. The lowest BCUT2D eigenvalue weighted by Crippen LogP contribution is -2.30. The third-order valence-electron chi connectivity index (χ3n) is 4.86. The van der Waals surface area contributed by atoms with Crippen LogP contribution in [0.25, 0.3) is 5.82 Å². The van der Waals surface area contributed by atoms with Gasteiger partial charge in [0.05, 0.1) is 22.9 Å². The Bertz CT molecular complexity index is 1140. The highest BCUT2D eigenvalue weighted by atomic mass is 16.4. The summed E-state index contributed by atoms with van der Waals surface area (Å²) in [6, 6.07) is 11.0. The van der Waals surface area contributed by atoms with Gasteiger partial charge in [-0.25, -0.2) is 14.7 Å². The number of aromatic carboxylic acids is 1. The van der Waals surface area contributed by atoms with Crippen LogP contribution in [0, 0.1) is 6.92 Å². The average molecular weight is 391 g/mol. The van der Waals surface area contributed by atoms with E-state index in [1.54, 1.807) is 31.3 Å². The predicted molar refractivity (Wildman–Crippen MR) is 104 cm³/mol. The van der Waals surface area contributed by atoms with E-state index in [1.165, 1.54) is 28.9 Å². The number of nitrogens with two attached hydrogens (primary N) is 1. The second kappa shape index (κ2) is 6.86. The van der Waals surface area contributed by atoms with Crippen molar-refractivity contribution in [2.75, 3.05) is 10.6 Å². The minimum absolute atomic E-state index is 0.00906. The largest absolute Gasteiger partial charge is 0.478 e. The van der Waals surface area contributed by atoms with E-state index in [0.717, 1.165) is 4.90 Å². The molecular formula is C20H17N5O4. The van der Waals surface area contributed by atoms with Crippen LogP contribution in [0.4, 0.5) is 11.5 Å². The monoisotopic (exact) mass is 391 g/mol. The number of hydrogen-bond donors (Lipinski definition) is 2. The molecule has 4 rings (SSSR count). The molecule has 1 atom stereocenters. The van der Waals surface area contributed by atoms with E-state index < -0.39 is 23.7 Å². The normalized spacial score (nSPS) is 16.4. The van der Waals surface area contributed by atoms with Crippen LogP contribution in [0.1, 0.15) is 34.0 Å². The van der Waals surface area contributed by atoms with Crippen molar-refractivity contribution in [1.82, 2.24) is 14.8 Å². The van der Waals surface area contributed by atoms with Crippen molar-refractivity contribution in [3.8, 4) is 5.82 Å². The first-order valence-electron chi connectivity index (χ1n) is 8.85. The van der Waals surface area contributed by atoms with Crippen molar-refractivity contribution < 1.29 is 19.5 Å². The summed E-state index contributed by atoms with van der Waals surface area (Å²) in [5.74, 6) is -2.08. The second-order valence-corrected chi connectivity index (χ2v) is 6.66. The number of carbonyl (C=O) groups is 3.